The van der Waals surface area contributed by atoms with Gasteiger partial charge in [-0.25, -0.2) is 0 Å². The second-order valence-corrected chi connectivity index (χ2v) is 8.25. The number of carbonyl (C=O) groups is 2. The van der Waals surface area contributed by atoms with Gasteiger partial charge in [0, 0.05) is 5.56 Å². The average molecular weight is 431 g/mol. The Bertz CT molecular complexity index is 945. The van der Waals surface area contributed by atoms with Gasteiger partial charge >= 0.3 is 0 Å². The van der Waals surface area contributed by atoms with E-state index in [0.29, 0.717) is 17.4 Å². The van der Waals surface area contributed by atoms with E-state index >= 15 is 0 Å². The summed E-state index contributed by atoms with van der Waals surface area (Å²) in [4.78, 5) is 24.2. The highest BCUT2D eigenvalue weighted by Gasteiger charge is 2.33. The molecule has 0 saturated heterocycles. The summed E-state index contributed by atoms with van der Waals surface area (Å²) in [7, 11) is 1.44. The Hall–Kier alpha value is -2.73. The van der Waals surface area contributed by atoms with Crippen LogP contribution in [0.3, 0.4) is 0 Å². The van der Waals surface area contributed by atoms with Gasteiger partial charge in [0.2, 0.25) is 0 Å². The zero-order chi connectivity index (χ0) is 21.8. The molecule has 0 fully saturated rings. The molecule has 3 rings (SSSR count). The van der Waals surface area contributed by atoms with Crippen LogP contribution in [0.25, 0.3) is 0 Å². The molecule has 6 nitrogen and oxygen atoms in total. The molecule has 2 atom stereocenters. The third-order valence-corrected chi connectivity index (χ3v) is 5.84. The van der Waals surface area contributed by atoms with Gasteiger partial charge < -0.3 is 20.5 Å². The highest BCUT2D eigenvalue weighted by atomic mass is 35.5. The van der Waals surface area contributed by atoms with Gasteiger partial charge in [-0.1, -0.05) is 49.7 Å². The Balaban J connectivity index is 1.89. The molecule has 2 aromatic carbocycles. The Morgan fingerprint density at radius 3 is 2.67 bits per heavy atom. The highest BCUT2D eigenvalue weighted by molar-refractivity contribution is 6.32. The lowest BCUT2D eigenvalue weighted by atomic mass is 9.74. The summed E-state index contributed by atoms with van der Waals surface area (Å²) in [5, 5.41) is 3.37. The van der Waals surface area contributed by atoms with E-state index in [0.717, 1.165) is 18.4 Å². The summed E-state index contributed by atoms with van der Waals surface area (Å²) < 4.78 is 10.7. The Labute approximate surface area is 181 Å². The molecule has 160 valence electrons. The highest BCUT2D eigenvalue weighted by Crippen LogP contribution is 2.40. The van der Waals surface area contributed by atoms with E-state index in [1.807, 2.05) is 12.1 Å². The quantitative estimate of drug-likeness (QED) is 0.696. The third-order valence-electron chi connectivity index (χ3n) is 5.56. The molecule has 1 aliphatic carbocycles. The van der Waals surface area contributed by atoms with Gasteiger partial charge in [-0.2, -0.15) is 0 Å². The first-order valence-electron chi connectivity index (χ1n) is 9.99. The van der Waals surface area contributed by atoms with E-state index < -0.39 is 5.91 Å². The van der Waals surface area contributed by atoms with E-state index in [1.165, 1.54) is 18.7 Å². The van der Waals surface area contributed by atoms with E-state index in [1.54, 1.807) is 6.07 Å². The van der Waals surface area contributed by atoms with Crippen LogP contribution >= 0.6 is 11.6 Å². The molecular formula is C23H27ClN2O4. The van der Waals surface area contributed by atoms with Crippen LogP contribution in [0.5, 0.6) is 11.5 Å². The van der Waals surface area contributed by atoms with E-state index in [2.05, 4.69) is 31.3 Å². The van der Waals surface area contributed by atoms with Crippen LogP contribution in [-0.4, -0.2) is 25.5 Å². The van der Waals surface area contributed by atoms with Crippen molar-refractivity contribution in [2.45, 2.75) is 32.7 Å². The number of methoxy groups -OCH3 is 1. The van der Waals surface area contributed by atoms with Crippen molar-refractivity contribution in [1.82, 2.24) is 5.32 Å². The van der Waals surface area contributed by atoms with Crippen molar-refractivity contribution in [3.8, 4) is 11.5 Å². The molecule has 0 aromatic heterocycles. The van der Waals surface area contributed by atoms with Gasteiger partial charge in [-0.05, 0) is 47.9 Å². The van der Waals surface area contributed by atoms with Crippen molar-refractivity contribution >= 4 is 23.4 Å². The fraction of sp³-hybridized carbons (Fsp3) is 0.391. The second-order valence-electron chi connectivity index (χ2n) is 7.84. The zero-order valence-electron chi connectivity index (χ0n) is 17.4. The number of aryl methyl sites for hydroxylation is 1. The number of nitrogens with two attached hydrogens (primary N) is 1. The van der Waals surface area contributed by atoms with Crippen molar-refractivity contribution in [2.24, 2.45) is 17.6 Å². The number of primary amides is 1. The average Bonchev–Trinajstić information content (AvgIpc) is 2.72. The minimum atomic E-state index is -0.634. The standard InChI is InChI=1S/C23H27ClN2O4/c1-13(2)16-9-8-14-6-4-5-7-17(14)21(16)26-23(28)15-10-18(24)22(19(11-15)29-3)30-12-20(25)27/h4-7,10-11,13,16,21H,8-9,12H2,1-3H3,(H2,25,27)(H,26,28)/t16-,21-/m1/s1. The predicted octanol–water partition coefficient (Wildman–Crippen LogP) is 3.90. The lowest BCUT2D eigenvalue weighted by Crippen LogP contribution is -2.38. The van der Waals surface area contributed by atoms with Crippen molar-refractivity contribution in [2.75, 3.05) is 13.7 Å². The molecule has 7 heteroatoms. The molecule has 3 N–H and O–H groups in total. The number of amides is 2. The SMILES string of the molecule is COc1cc(C(=O)N[C@H]2c3ccccc3CC[C@@H]2C(C)C)cc(Cl)c1OCC(N)=O. The molecular weight excluding hydrogens is 404 g/mol. The lowest BCUT2D eigenvalue weighted by molar-refractivity contribution is -0.119. The molecule has 1 aliphatic rings. The first-order chi connectivity index (χ1) is 14.3. The van der Waals surface area contributed by atoms with E-state index in [-0.39, 0.29) is 35.1 Å². The van der Waals surface area contributed by atoms with E-state index in [4.69, 9.17) is 26.8 Å². The fourth-order valence-corrected chi connectivity index (χ4v) is 4.31. The molecule has 0 saturated carbocycles. The molecule has 2 aromatic rings. The van der Waals surface area contributed by atoms with Crippen LogP contribution in [-0.2, 0) is 11.2 Å². The fourth-order valence-electron chi connectivity index (χ4n) is 4.05. The topological polar surface area (TPSA) is 90.7 Å². The normalized spacial score (nSPS) is 17.9. The van der Waals surface area contributed by atoms with Gasteiger partial charge in [0.25, 0.3) is 11.8 Å². The van der Waals surface area contributed by atoms with Crippen molar-refractivity contribution in [3.05, 3.63) is 58.1 Å². The minimum Gasteiger partial charge on any atom is -0.493 e. The number of fused-ring (bicyclic) bond motifs is 1. The van der Waals surface area contributed by atoms with Crippen LogP contribution in [0.15, 0.2) is 36.4 Å². The van der Waals surface area contributed by atoms with Gasteiger partial charge in [0.1, 0.15) is 0 Å². The van der Waals surface area contributed by atoms with Crippen molar-refractivity contribution in [3.63, 3.8) is 0 Å². The number of halogens is 1. The summed E-state index contributed by atoms with van der Waals surface area (Å²) in [5.74, 6) is 0.316. The summed E-state index contributed by atoms with van der Waals surface area (Å²) in [5.41, 5.74) is 7.92. The summed E-state index contributed by atoms with van der Waals surface area (Å²) in [6.45, 7) is 4.03. The number of hydrogen-bond donors (Lipinski definition) is 2. The second kappa shape index (κ2) is 9.39. The molecule has 0 radical (unpaired) electrons. The van der Waals surface area contributed by atoms with Crippen LogP contribution in [0, 0.1) is 11.8 Å². The number of nitrogens with one attached hydrogen (secondary N) is 1. The van der Waals surface area contributed by atoms with Gasteiger partial charge in [0.05, 0.1) is 18.2 Å². The Morgan fingerprint density at radius 2 is 2.00 bits per heavy atom. The van der Waals surface area contributed by atoms with Gasteiger partial charge in [0.15, 0.2) is 18.1 Å². The van der Waals surface area contributed by atoms with Gasteiger partial charge in [-0.3, -0.25) is 9.59 Å². The third kappa shape index (κ3) is 4.70. The van der Waals surface area contributed by atoms with Crippen LogP contribution in [0.4, 0.5) is 0 Å². The molecule has 0 unspecified atom stereocenters. The maximum absolute atomic E-state index is 13.1. The maximum atomic E-state index is 13.1. The largest absolute Gasteiger partial charge is 0.493 e. The Morgan fingerprint density at radius 1 is 1.27 bits per heavy atom. The summed E-state index contributed by atoms with van der Waals surface area (Å²) in [6.07, 6.45) is 2.03. The summed E-state index contributed by atoms with van der Waals surface area (Å²) in [6, 6.07) is 11.2. The molecule has 30 heavy (non-hydrogen) atoms. The first kappa shape index (κ1) is 22.0. The van der Waals surface area contributed by atoms with Crippen molar-refractivity contribution in [1.29, 1.82) is 0 Å². The number of benzene rings is 2. The molecule has 0 aliphatic heterocycles. The molecule has 2 amide bonds. The number of rotatable bonds is 7. The maximum Gasteiger partial charge on any atom is 0.255 e. The van der Waals surface area contributed by atoms with Gasteiger partial charge in [-0.15, -0.1) is 0 Å². The number of hydrogen-bond acceptors (Lipinski definition) is 4. The molecule has 0 spiro atoms. The number of carbonyl (C=O) groups excluding carboxylic acids is 2. The van der Waals surface area contributed by atoms with Crippen LogP contribution < -0.4 is 20.5 Å². The van der Waals surface area contributed by atoms with Crippen molar-refractivity contribution < 1.29 is 19.1 Å². The lowest BCUT2D eigenvalue weighted by Gasteiger charge is -2.36. The number of ether oxygens (including phenoxy) is 2. The minimum absolute atomic E-state index is 0.0852. The monoisotopic (exact) mass is 430 g/mol. The molecule has 0 bridgehead atoms. The predicted molar refractivity (Wildman–Crippen MR) is 116 cm³/mol. The first-order valence-corrected chi connectivity index (χ1v) is 10.4. The summed E-state index contributed by atoms with van der Waals surface area (Å²) >= 11 is 6.31. The Kier molecular flexibility index (Phi) is 6.87. The zero-order valence-corrected chi connectivity index (χ0v) is 18.2. The van der Waals surface area contributed by atoms with Crippen LogP contribution in [0.2, 0.25) is 5.02 Å². The van der Waals surface area contributed by atoms with E-state index in [9.17, 15) is 9.59 Å². The smallest absolute Gasteiger partial charge is 0.255 e. The molecule has 0 heterocycles. The van der Waals surface area contributed by atoms with Crippen LogP contribution in [0.1, 0.15) is 47.8 Å².